The molecule has 0 unspecified atom stereocenters. The first-order valence-corrected chi connectivity index (χ1v) is 6.85. The van der Waals surface area contributed by atoms with E-state index in [1.165, 1.54) is 10.7 Å². The van der Waals surface area contributed by atoms with Crippen molar-refractivity contribution in [2.24, 2.45) is 0 Å². The Labute approximate surface area is 91.0 Å². The van der Waals surface area contributed by atoms with E-state index in [0.717, 1.165) is 24.7 Å². The minimum absolute atomic E-state index is 0.00849. The molecule has 0 aromatic heterocycles. The molecule has 1 spiro atoms. The second-order valence-electron chi connectivity index (χ2n) is 4.25. The van der Waals surface area contributed by atoms with Crippen molar-refractivity contribution in [3.05, 3.63) is 12.0 Å². The Bertz CT molecular complexity index is 346. The Balaban J connectivity index is 2.04. The zero-order valence-electron chi connectivity index (χ0n) is 8.81. The molecule has 1 saturated heterocycles. The van der Waals surface area contributed by atoms with Crippen molar-refractivity contribution in [2.45, 2.75) is 31.3 Å². The Hall–Kier alpha value is -0.390. The topological polar surface area (TPSA) is 46.6 Å². The molecular formula is C10H17NO3S. The van der Waals surface area contributed by atoms with E-state index in [-0.39, 0.29) is 5.60 Å². The summed E-state index contributed by atoms with van der Waals surface area (Å²) in [6.45, 7) is 4.86. The van der Waals surface area contributed by atoms with Crippen LogP contribution in [0, 0.1) is 0 Å². The van der Waals surface area contributed by atoms with E-state index in [0.29, 0.717) is 19.7 Å². The summed E-state index contributed by atoms with van der Waals surface area (Å²) in [5.74, 6) is 0. The van der Waals surface area contributed by atoms with Crippen molar-refractivity contribution in [3.63, 3.8) is 0 Å². The van der Waals surface area contributed by atoms with Crippen LogP contribution < -0.4 is 0 Å². The van der Waals surface area contributed by atoms with Crippen LogP contribution in [0.5, 0.6) is 0 Å². The van der Waals surface area contributed by atoms with Gasteiger partial charge >= 0.3 is 0 Å². The molecule has 15 heavy (non-hydrogen) atoms. The van der Waals surface area contributed by atoms with Gasteiger partial charge in [0.05, 0.1) is 12.2 Å². The molecule has 2 aliphatic rings. The molecule has 0 amide bonds. The van der Waals surface area contributed by atoms with Gasteiger partial charge < -0.3 is 4.74 Å². The fraction of sp³-hybridized carbons (Fsp3) is 0.800. The molecule has 0 aromatic rings. The molecule has 1 saturated carbocycles. The van der Waals surface area contributed by atoms with Crippen molar-refractivity contribution in [3.8, 4) is 0 Å². The molecule has 4 nitrogen and oxygen atoms in total. The minimum atomic E-state index is -3.26. The van der Waals surface area contributed by atoms with E-state index in [2.05, 4.69) is 6.58 Å². The van der Waals surface area contributed by atoms with E-state index in [1.807, 2.05) is 0 Å². The van der Waals surface area contributed by atoms with Crippen LogP contribution in [0.25, 0.3) is 0 Å². The summed E-state index contributed by atoms with van der Waals surface area (Å²) in [6.07, 6.45) is 4.18. The normalized spacial score (nSPS) is 26.9. The van der Waals surface area contributed by atoms with Crippen LogP contribution >= 0.6 is 0 Å². The number of hydrogen-bond donors (Lipinski definition) is 0. The number of sulfonamides is 1. The van der Waals surface area contributed by atoms with E-state index in [1.54, 1.807) is 0 Å². The fourth-order valence-electron chi connectivity index (χ4n) is 2.20. The van der Waals surface area contributed by atoms with E-state index < -0.39 is 10.0 Å². The van der Waals surface area contributed by atoms with Crippen LogP contribution in [0.4, 0.5) is 0 Å². The van der Waals surface area contributed by atoms with E-state index in [9.17, 15) is 8.42 Å². The SMILES string of the molecule is C=CS(=O)(=O)N1CCOC2(CCC2)CC1. The summed E-state index contributed by atoms with van der Waals surface area (Å²) in [5.41, 5.74) is -0.00849. The highest BCUT2D eigenvalue weighted by molar-refractivity contribution is 7.92. The van der Waals surface area contributed by atoms with Crippen molar-refractivity contribution >= 4 is 10.0 Å². The standard InChI is InChI=1S/C10H17NO3S/c1-2-15(12,13)11-7-6-10(4-3-5-10)14-9-8-11/h2H,1,3-9H2. The van der Waals surface area contributed by atoms with E-state index in [4.69, 9.17) is 4.74 Å². The number of hydrogen-bond acceptors (Lipinski definition) is 3. The molecule has 86 valence electrons. The maximum absolute atomic E-state index is 11.6. The lowest BCUT2D eigenvalue weighted by molar-refractivity contribution is -0.0928. The van der Waals surface area contributed by atoms with Gasteiger partial charge in [-0.05, 0) is 25.7 Å². The Morgan fingerprint density at radius 2 is 2.00 bits per heavy atom. The van der Waals surface area contributed by atoms with Gasteiger partial charge in [-0.25, -0.2) is 8.42 Å². The smallest absolute Gasteiger partial charge is 0.235 e. The predicted octanol–water partition coefficient (Wildman–Crippen LogP) is 1.10. The summed E-state index contributed by atoms with van der Waals surface area (Å²) in [7, 11) is -3.26. The quantitative estimate of drug-likeness (QED) is 0.715. The predicted molar refractivity (Wildman–Crippen MR) is 57.8 cm³/mol. The summed E-state index contributed by atoms with van der Waals surface area (Å²) in [5, 5.41) is 1.02. The van der Waals surface area contributed by atoms with E-state index >= 15 is 0 Å². The lowest BCUT2D eigenvalue weighted by Gasteiger charge is -2.40. The first-order valence-electron chi connectivity index (χ1n) is 5.35. The first kappa shape index (κ1) is 11.1. The number of ether oxygens (including phenoxy) is 1. The second-order valence-corrected chi connectivity index (χ2v) is 6.13. The van der Waals surface area contributed by atoms with Gasteiger partial charge in [-0.1, -0.05) is 6.58 Å². The molecule has 0 bridgehead atoms. The van der Waals surface area contributed by atoms with Crippen molar-refractivity contribution in [2.75, 3.05) is 19.7 Å². The molecular weight excluding hydrogens is 214 g/mol. The zero-order valence-corrected chi connectivity index (χ0v) is 9.63. The van der Waals surface area contributed by atoms with Crippen molar-refractivity contribution in [1.82, 2.24) is 4.31 Å². The molecule has 2 fully saturated rings. The summed E-state index contributed by atoms with van der Waals surface area (Å²) in [4.78, 5) is 0. The summed E-state index contributed by atoms with van der Waals surface area (Å²) < 4.78 is 30.4. The van der Waals surface area contributed by atoms with Gasteiger partial charge in [0.1, 0.15) is 0 Å². The van der Waals surface area contributed by atoms with Crippen LogP contribution in [-0.4, -0.2) is 38.0 Å². The Morgan fingerprint density at radius 1 is 1.27 bits per heavy atom. The fourth-order valence-corrected chi connectivity index (χ4v) is 3.09. The lowest BCUT2D eigenvalue weighted by atomic mass is 9.77. The Kier molecular flexibility index (Phi) is 2.87. The largest absolute Gasteiger partial charge is 0.374 e. The average molecular weight is 231 g/mol. The second kappa shape index (κ2) is 3.88. The molecule has 0 radical (unpaired) electrons. The molecule has 0 N–H and O–H groups in total. The van der Waals surface area contributed by atoms with Crippen LogP contribution in [-0.2, 0) is 14.8 Å². The maximum atomic E-state index is 11.6. The highest BCUT2D eigenvalue weighted by Gasteiger charge is 2.40. The zero-order chi connectivity index (χ0) is 10.9. The first-order chi connectivity index (χ1) is 7.08. The third-order valence-electron chi connectivity index (χ3n) is 3.40. The van der Waals surface area contributed by atoms with Crippen LogP contribution in [0.3, 0.4) is 0 Å². The highest BCUT2D eigenvalue weighted by Crippen LogP contribution is 2.39. The number of rotatable bonds is 2. The third-order valence-corrected chi connectivity index (χ3v) is 4.91. The maximum Gasteiger partial charge on any atom is 0.235 e. The molecule has 1 aliphatic carbocycles. The lowest BCUT2D eigenvalue weighted by Crippen LogP contribution is -2.40. The summed E-state index contributed by atoms with van der Waals surface area (Å²) in [6, 6.07) is 0. The Morgan fingerprint density at radius 3 is 2.53 bits per heavy atom. The van der Waals surface area contributed by atoms with Crippen LogP contribution in [0.15, 0.2) is 12.0 Å². The molecule has 1 aliphatic heterocycles. The number of nitrogens with zero attached hydrogens (tertiary/aromatic N) is 1. The van der Waals surface area contributed by atoms with Gasteiger partial charge in [-0.15, -0.1) is 0 Å². The average Bonchev–Trinajstić information content (AvgIpc) is 2.39. The van der Waals surface area contributed by atoms with Gasteiger partial charge in [-0.3, -0.25) is 0 Å². The molecule has 2 rings (SSSR count). The van der Waals surface area contributed by atoms with Gasteiger partial charge in [0.2, 0.25) is 10.0 Å². The molecule has 1 heterocycles. The van der Waals surface area contributed by atoms with Gasteiger partial charge in [0.25, 0.3) is 0 Å². The van der Waals surface area contributed by atoms with Crippen LogP contribution in [0.1, 0.15) is 25.7 Å². The van der Waals surface area contributed by atoms with Crippen molar-refractivity contribution < 1.29 is 13.2 Å². The highest BCUT2D eigenvalue weighted by atomic mass is 32.2. The summed E-state index contributed by atoms with van der Waals surface area (Å²) >= 11 is 0. The monoisotopic (exact) mass is 231 g/mol. The van der Waals surface area contributed by atoms with Gasteiger partial charge in [-0.2, -0.15) is 4.31 Å². The van der Waals surface area contributed by atoms with Crippen LogP contribution in [0.2, 0.25) is 0 Å². The molecule has 5 heteroatoms. The third kappa shape index (κ3) is 2.09. The van der Waals surface area contributed by atoms with Gasteiger partial charge in [0.15, 0.2) is 0 Å². The minimum Gasteiger partial charge on any atom is -0.374 e. The molecule has 0 atom stereocenters. The molecule has 0 aromatic carbocycles. The van der Waals surface area contributed by atoms with Gasteiger partial charge in [0, 0.05) is 18.5 Å². The van der Waals surface area contributed by atoms with Crippen molar-refractivity contribution in [1.29, 1.82) is 0 Å².